The maximum absolute atomic E-state index is 10.2. The number of hydrogen-bond donors (Lipinski definition) is 4. The number of phenolic OH excluding ortho intramolecular Hbond substituents is 4. The molecule has 0 spiro atoms. The topological polar surface area (TPSA) is 80.9 Å². The standard InChI is InChI=1S/C22H22O4/c1-13-19(23)9-7-17(21(13)25)11-15-3-5-16(6-4-15)12-18-8-10-20(24)14(2)22(18)26/h3-10,23-26H,11-12H2,1-2H3. The zero-order valence-corrected chi connectivity index (χ0v) is 14.8. The number of rotatable bonds is 4. The van der Waals surface area contributed by atoms with E-state index in [0.29, 0.717) is 24.0 Å². The highest BCUT2D eigenvalue weighted by atomic mass is 16.3. The third-order valence-electron chi connectivity index (χ3n) is 4.78. The first kappa shape index (κ1) is 17.7. The Morgan fingerprint density at radius 2 is 0.885 bits per heavy atom. The Morgan fingerprint density at radius 3 is 1.23 bits per heavy atom. The molecule has 0 bridgehead atoms. The summed E-state index contributed by atoms with van der Waals surface area (Å²) in [5.74, 6) is 0.424. The minimum Gasteiger partial charge on any atom is -0.508 e. The van der Waals surface area contributed by atoms with Crippen LogP contribution >= 0.6 is 0 Å². The maximum atomic E-state index is 10.2. The molecule has 134 valence electrons. The minimum atomic E-state index is 0.0885. The van der Waals surface area contributed by atoms with Crippen LogP contribution in [-0.4, -0.2) is 20.4 Å². The van der Waals surface area contributed by atoms with Crippen LogP contribution < -0.4 is 0 Å². The van der Waals surface area contributed by atoms with Gasteiger partial charge in [-0.1, -0.05) is 36.4 Å². The molecule has 3 aromatic carbocycles. The van der Waals surface area contributed by atoms with Crippen LogP contribution in [0, 0.1) is 13.8 Å². The molecule has 26 heavy (non-hydrogen) atoms. The third-order valence-corrected chi connectivity index (χ3v) is 4.78. The van der Waals surface area contributed by atoms with E-state index in [2.05, 4.69) is 0 Å². The highest BCUT2D eigenvalue weighted by Crippen LogP contribution is 2.32. The average molecular weight is 350 g/mol. The Hall–Kier alpha value is -3.14. The van der Waals surface area contributed by atoms with Gasteiger partial charge in [-0.25, -0.2) is 0 Å². The number of hydrogen-bond acceptors (Lipinski definition) is 4. The summed E-state index contributed by atoms with van der Waals surface area (Å²) >= 11 is 0. The first-order valence-corrected chi connectivity index (χ1v) is 8.45. The normalized spacial score (nSPS) is 10.8. The molecule has 0 heterocycles. The largest absolute Gasteiger partial charge is 0.508 e. The predicted molar refractivity (Wildman–Crippen MR) is 101 cm³/mol. The van der Waals surface area contributed by atoms with Crippen molar-refractivity contribution in [3.05, 3.63) is 81.9 Å². The average Bonchev–Trinajstić information content (AvgIpc) is 2.64. The Morgan fingerprint density at radius 1 is 0.538 bits per heavy atom. The second kappa shape index (κ2) is 7.00. The molecule has 0 aliphatic rings. The lowest BCUT2D eigenvalue weighted by atomic mass is 9.97. The van der Waals surface area contributed by atoms with Crippen LogP contribution in [0.2, 0.25) is 0 Å². The molecule has 0 fully saturated rings. The zero-order valence-electron chi connectivity index (χ0n) is 14.8. The molecule has 0 radical (unpaired) electrons. The molecule has 4 nitrogen and oxygen atoms in total. The van der Waals surface area contributed by atoms with Crippen LogP contribution in [0.25, 0.3) is 0 Å². The molecule has 3 aromatic rings. The third kappa shape index (κ3) is 3.45. The van der Waals surface area contributed by atoms with Gasteiger partial charge in [0.1, 0.15) is 23.0 Å². The molecule has 4 heteroatoms. The van der Waals surface area contributed by atoms with Crippen molar-refractivity contribution in [1.29, 1.82) is 0 Å². The molecular formula is C22H22O4. The highest BCUT2D eigenvalue weighted by Gasteiger charge is 2.11. The van der Waals surface area contributed by atoms with Crippen molar-refractivity contribution in [3.8, 4) is 23.0 Å². The Kier molecular flexibility index (Phi) is 4.76. The van der Waals surface area contributed by atoms with E-state index < -0.39 is 0 Å². The minimum absolute atomic E-state index is 0.0885. The fourth-order valence-corrected chi connectivity index (χ4v) is 2.99. The van der Waals surface area contributed by atoms with Crippen molar-refractivity contribution in [3.63, 3.8) is 0 Å². The second-order valence-electron chi connectivity index (χ2n) is 6.60. The van der Waals surface area contributed by atoms with E-state index in [0.717, 1.165) is 22.3 Å². The van der Waals surface area contributed by atoms with Gasteiger partial charge in [-0.3, -0.25) is 0 Å². The van der Waals surface area contributed by atoms with E-state index in [1.165, 1.54) is 0 Å². The van der Waals surface area contributed by atoms with Crippen molar-refractivity contribution in [2.75, 3.05) is 0 Å². The van der Waals surface area contributed by atoms with Crippen LogP contribution in [-0.2, 0) is 12.8 Å². The SMILES string of the molecule is Cc1c(O)ccc(Cc2ccc(Cc3ccc(O)c(C)c3O)cc2)c1O. The molecule has 0 aliphatic carbocycles. The Labute approximate surface area is 152 Å². The fraction of sp³-hybridized carbons (Fsp3) is 0.182. The highest BCUT2D eigenvalue weighted by molar-refractivity contribution is 5.50. The van der Waals surface area contributed by atoms with Gasteiger partial charge in [-0.05, 0) is 48.2 Å². The van der Waals surface area contributed by atoms with Crippen LogP contribution in [0.5, 0.6) is 23.0 Å². The van der Waals surface area contributed by atoms with Crippen molar-refractivity contribution < 1.29 is 20.4 Å². The molecule has 0 aliphatic heterocycles. The van der Waals surface area contributed by atoms with Crippen molar-refractivity contribution in [2.24, 2.45) is 0 Å². The quantitative estimate of drug-likeness (QED) is 0.565. The number of benzene rings is 3. The molecule has 3 rings (SSSR count). The van der Waals surface area contributed by atoms with E-state index in [9.17, 15) is 20.4 Å². The van der Waals surface area contributed by atoms with Crippen LogP contribution in [0.3, 0.4) is 0 Å². The molecule has 0 amide bonds. The summed E-state index contributed by atoms with van der Waals surface area (Å²) in [6.07, 6.45) is 1.13. The first-order chi connectivity index (χ1) is 12.4. The summed E-state index contributed by atoms with van der Waals surface area (Å²) in [6, 6.07) is 14.6. The van der Waals surface area contributed by atoms with Gasteiger partial charge >= 0.3 is 0 Å². The summed E-state index contributed by atoms with van der Waals surface area (Å²) < 4.78 is 0. The van der Waals surface area contributed by atoms with E-state index in [-0.39, 0.29) is 23.0 Å². The predicted octanol–water partition coefficient (Wildman–Crippen LogP) is 4.31. The maximum Gasteiger partial charge on any atom is 0.125 e. The number of aromatic hydroxyl groups is 4. The summed E-state index contributed by atoms with van der Waals surface area (Å²) in [5.41, 5.74) is 4.58. The molecule has 0 aromatic heterocycles. The molecule has 0 unspecified atom stereocenters. The van der Waals surface area contributed by atoms with Gasteiger partial charge < -0.3 is 20.4 Å². The van der Waals surface area contributed by atoms with E-state index >= 15 is 0 Å². The van der Waals surface area contributed by atoms with Gasteiger partial charge in [0.15, 0.2) is 0 Å². The molecule has 0 saturated heterocycles. The summed E-state index contributed by atoms with van der Waals surface area (Å²) in [4.78, 5) is 0. The van der Waals surface area contributed by atoms with Gasteiger partial charge in [-0.15, -0.1) is 0 Å². The monoisotopic (exact) mass is 350 g/mol. The molecule has 0 saturated carbocycles. The Bertz CT molecular complexity index is 865. The summed E-state index contributed by atoms with van der Waals surface area (Å²) in [5, 5.41) is 39.6. The van der Waals surface area contributed by atoms with Gasteiger partial charge in [0, 0.05) is 24.0 Å². The molecule has 4 N–H and O–H groups in total. The smallest absolute Gasteiger partial charge is 0.125 e. The van der Waals surface area contributed by atoms with Crippen LogP contribution in [0.4, 0.5) is 0 Å². The molecular weight excluding hydrogens is 328 g/mol. The number of phenols is 4. The van der Waals surface area contributed by atoms with E-state index in [4.69, 9.17) is 0 Å². The Balaban J connectivity index is 1.77. The first-order valence-electron chi connectivity index (χ1n) is 8.45. The lowest BCUT2D eigenvalue weighted by Gasteiger charge is -2.11. The van der Waals surface area contributed by atoms with Gasteiger partial charge in [-0.2, -0.15) is 0 Å². The fourth-order valence-electron chi connectivity index (χ4n) is 2.99. The van der Waals surface area contributed by atoms with Crippen LogP contribution in [0.1, 0.15) is 33.4 Å². The molecule has 0 atom stereocenters. The second-order valence-corrected chi connectivity index (χ2v) is 6.60. The zero-order chi connectivity index (χ0) is 18.8. The van der Waals surface area contributed by atoms with E-state index in [1.54, 1.807) is 38.1 Å². The summed E-state index contributed by atoms with van der Waals surface area (Å²) in [7, 11) is 0. The van der Waals surface area contributed by atoms with Crippen molar-refractivity contribution >= 4 is 0 Å². The van der Waals surface area contributed by atoms with Gasteiger partial charge in [0.25, 0.3) is 0 Å². The van der Waals surface area contributed by atoms with Gasteiger partial charge in [0.2, 0.25) is 0 Å². The van der Waals surface area contributed by atoms with Crippen LogP contribution in [0.15, 0.2) is 48.5 Å². The van der Waals surface area contributed by atoms with Crippen molar-refractivity contribution in [1.82, 2.24) is 0 Å². The van der Waals surface area contributed by atoms with Crippen molar-refractivity contribution in [2.45, 2.75) is 26.7 Å². The van der Waals surface area contributed by atoms with Gasteiger partial charge in [0.05, 0.1) is 0 Å². The lowest BCUT2D eigenvalue weighted by molar-refractivity contribution is 0.438. The van der Waals surface area contributed by atoms with E-state index in [1.807, 2.05) is 24.3 Å². The summed E-state index contributed by atoms with van der Waals surface area (Å²) in [6.45, 7) is 3.37. The lowest BCUT2D eigenvalue weighted by Crippen LogP contribution is -1.94.